The second-order valence-corrected chi connectivity index (χ2v) is 4.55. The van der Waals surface area contributed by atoms with E-state index in [1.165, 1.54) is 13.3 Å². The second-order valence-electron chi connectivity index (χ2n) is 4.55. The van der Waals surface area contributed by atoms with Gasteiger partial charge in [-0.1, -0.05) is 6.07 Å². The number of nitrogens with zero attached hydrogens (tertiary/aromatic N) is 1. The van der Waals surface area contributed by atoms with Crippen molar-refractivity contribution in [3.8, 4) is 5.75 Å². The third-order valence-electron chi connectivity index (χ3n) is 3.11. The van der Waals surface area contributed by atoms with Crippen molar-refractivity contribution in [2.24, 2.45) is 0 Å². The molecule has 0 radical (unpaired) electrons. The van der Waals surface area contributed by atoms with Crippen molar-refractivity contribution in [3.05, 3.63) is 47.3 Å². The van der Waals surface area contributed by atoms with E-state index in [2.05, 4.69) is 10.3 Å². The molecule has 104 valence electrons. The third kappa shape index (κ3) is 2.71. The lowest BCUT2D eigenvalue weighted by atomic mass is 10.1. The summed E-state index contributed by atoms with van der Waals surface area (Å²) >= 11 is 0. The molecule has 2 aromatic rings. The minimum absolute atomic E-state index is 0.254. The molecule has 0 unspecified atom stereocenters. The Bertz CT molecular complexity index is 654. The van der Waals surface area contributed by atoms with Crippen molar-refractivity contribution in [2.45, 2.75) is 13.8 Å². The highest BCUT2D eigenvalue weighted by Gasteiger charge is 2.13. The number of nitrogens with one attached hydrogen (secondary N) is 1. The van der Waals surface area contributed by atoms with E-state index in [4.69, 9.17) is 10.5 Å². The number of benzene rings is 1. The molecule has 1 amide bonds. The van der Waals surface area contributed by atoms with E-state index in [1.807, 2.05) is 19.9 Å². The summed E-state index contributed by atoms with van der Waals surface area (Å²) in [7, 11) is 1.50. The number of ether oxygens (including phenoxy) is 1. The summed E-state index contributed by atoms with van der Waals surface area (Å²) in [6.45, 7) is 3.85. The number of hydrogen-bond acceptors (Lipinski definition) is 4. The number of nitrogen functional groups attached to an aromatic ring is 1. The van der Waals surface area contributed by atoms with Crippen LogP contribution in [0.2, 0.25) is 0 Å². The molecule has 0 aliphatic carbocycles. The van der Waals surface area contributed by atoms with Gasteiger partial charge in [0.15, 0.2) is 0 Å². The zero-order chi connectivity index (χ0) is 14.7. The summed E-state index contributed by atoms with van der Waals surface area (Å²) in [5.74, 6) is 0.179. The molecule has 0 aliphatic rings. The molecule has 0 aliphatic heterocycles. The topological polar surface area (TPSA) is 77.2 Å². The van der Waals surface area contributed by atoms with Crippen LogP contribution in [0, 0.1) is 13.8 Å². The first-order valence-corrected chi connectivity index (χ1v) is 6.19. The maximum atomic E-state index is 12.3. The molecule has 5 nitrogen and oxygen atoms in total. The van der Waals surface area contributed by atoms with E-state index in [9.17, 15) is 4.79 Å². The number of carbonyl (C=O) groups excluding carboxylic acids is 1. The normalized spacial score (nSPS) is 10.2. The Hall–Kier alpha value is -2.56. The fourth-order valence-corrected chi connectivity index (χ4v) is 1.92. The number of methoxy groups -OCH3 is 1. The van der Waals surface area contributed by atoms with Gasteiger partial charge in [0.2, 0.25) is 0 Å². The van der Waals surface area contributed by atoms with Gasteiger partial charge in [0.1, 0.15) is 5.75 Å². The fraction of sp³-hybridized carbons (Fsp3) is 0.200. The van der Waals surface area contributed by atoms with Crippen LogP contribution in [0.1, 0.15) is 21.5 Å². The van der Waals surface area contributed by atoms with E-state index in [0.29, 0.717) is 22.7 Å². The summed E-state index contributed by atoms with van der Waals surface area (Å²) in [6.07, 6.45) is 3.05. The van der Waals surface area contributed by atoms with Gasteiger partial charge < -0.3 is 15.8 Å². The third-order valence-corrected chi connectivity index (χ3v) is 3.11. The monoisotopic (exact) mass is 271 g/mol. The standard InChI is InChI=1S/C15H17N3O2/c1-9-6-10(2)13(7-12(9)16)18-15(19)11-4-5-17-8-14(11)20-3/h4-8H,16H2,1-3H3,(H,18,19). The number of pyridine rings is 1. The largest absolute Gasteiger partial charge is 0.494 e. The van der Waals surface area contributed by atoms with E-state index in [-0.39, 0.29) is 5.91 Å². The molecule has 0 spiro atoms. The number of aryl methyl sites for hydroxylation is 2. The Morgan fingerprint density at radius 3 is 2.75 bits per heavy atom. The molecular weight excluding hydrogens is 254 g/mol. The Kier molecular flexibility index (Phi) is 3.89. The van der Waals surface area contributed by atoms with Gasteiger partial charge in [0, 0.05) is 17.6 Å². The van der Waals surface area contributed by atoms with Crippen LogP contribution >= 0.6 is 0 Å². The van der Waals surface area contributed by atoms with Crippen molar-refractivity contribution >= 4 is 17.3 Å². The molecular formula is C15H17N3O2. The minimum Gasteiger partial charge on any atom is -0.494 e. The molecule has 0 bridgehead atoms. The average molecular weight is 271 g/mol. The highest BCUT2D eigenvalue weighted by Crippen LogP contribution is 2.24. The minimum atomic E-state index is -0.254. The van der Waals surface area contributed by atoms with Gasteiger partial charge in [-0.25, -0.2) is 0 Å². The first-order chi connectivity index (χ1) is 9.52. The highest BCUT2D eigenvalue weighted by atomic mass is 16.5. The lowest BCUT2D eigenvalue weighted by molar-refractivity contribution is 0.102. The fourth-order valence-electron chi connectivity index (χ4n) is 1.92. The molecule has 0 saturated heterocycles. The zero-order valence-electron chi connectivity index (χ0n) is 11.7. The van der Waals surface area contributed by atoms with Gasteiger partial charge in [-0.05, 0) is 37.1 Å². The predicted molar refractivity (Wildman–Crippen MR) is 79.1 cm³/mol. The average Bonchev–Trinajstić information content (AvgIpc) is 2.44. The van der Waals surface area contributed by atoms with Gasteiger partial charge in [0.25, 0.3) is 5.91 Å². The van der Waals surface area contributed by atoms with Crippen LogP contribution in [-0.2, 0) is 0 Å². The number of anilines is 2. The van der Waals surface area contributed by atoms with Crippen LogP contribution in [0.15, 0.2) is 30.6 Å². The molecule has 1 aromatic heterocycles. The number of carbonyl (C=O) groups is 1. The first-order valence-electron chi connectivity index (χ1n) is 6.19. The van der Waals surface area contributed by atoms with E-state index in [0.717, 1.165) is 11.1 Å². The summed E-state index contributed by atoms with van der Waals surface area (Å²) in [4.78, 5) is 16.2. The number of rotatable bonds is 3. The Labute approximate surface area is 117 Å². The molecule has 2 rings (SSSR count). The Balaban J connectivity index is 2.30. The van der Waals surface area contributed by atoms with E-state index < -0.39 is 0 Å². The van der Waals surface area contributed by atoms with Crippen LogP contribution in [0.25, 0.3) is 0 Å². The molecule has 0 saturated carbocycles. The molecule has 1 aromatic carbocycles. The smallest absolute Gasteiger partial charge is 0.259 e. The quantitative estimate of drug-likeness (QED) is 0.841. The Morgan fingerprint density at radius 2 is 2.05 bits per heavy atom. The lowest BCUT2D eigenvalue weighted by Gasteiger charge is -2.12. The molecule has 20 heavy (non-hydrogen) atoms. The molecule has 3 N–H and O–H groups in total. The first kappa shape index (κ1) is 13.9. The summed E-state index contributed by atoms with van der Waals surface area (Å²) in [5, 5.41) is 2.84. The maximum Gasteiger partial charge on any atom is 0.259 e. The van der Waals surface area contributed by atoms with Crippen molar-refractivity contribution < 1.29 is 9.53 Å². The summed E-state index contributed by atoms with van der Waals surface area (Å²) in [5.41, 5.74) is 9.59. The lowest BCUT2D eigenvalue weighted by Crippen LogP contribution is -2.14. The van der Waals surface area contributed by atoms with Gasteiger partial charge in [-0.2, -0.15) is 0 Å². The van der Waals surface area contributed by atoms with E-state index in [1.54, 1.807) is 18.3 Å². The SMILES string of the molecule is COc1cnccc1C(=O)Nc1cc(N)c(C)cc1C. The van der Waals surface area contributed by atoms with Crippen molar-refractivity contribution in [2.75, 3.05) is 18.2 Å². The molecule has 0 fully saturated rings. The number of amides is 1. The van der Waals surface area contributed by atoms with Gasteiger partial charge >= 0.3 is 0 Å². The molecule has 5 heteroatoms. The zero-order valence-corrected chi connectivity index (χ0v) is 11.7. The number of aromatic nitrogens is 1. The van der Waals surface area contributed by atoms with Crippen LogP contribution in [-0.4, -0.2) is 18.0 Å². The van der Waals surface area contributed by atoms with Crippen LogP contribution in [0.4, 0.5) is 11.4 Å². The Morgan fingerprint density at radius 1 is 1.30 bits per heavy atom. The van der Waals surface area contributed by atoms with Crippen molar-refractivity contribution in [1.82, 2.24) is 4.98 Å². The van der Waals surface area contributed by atoms with Crippen LogP contribution in [0.5, 0.6) is 5.75 Å². The van der Waals surface area contributed by atoms with Gasteiger partial charge in [-0.15, -0.1) is 0 Å². The maximum absolute atomic E-state index is 12.3. The van der Waals surface area contributed by atoms with Crippen molar-refractivity contribution in [1.29, 1.82) is 0 Å². The molecule has 0 atom stereocenters. The van der Waals surface area contributed by atoms with Crippen LogP contribution < -0.4 is 15.8 Å². The number of hydrogen-bond donors (Lipinski definition) is 2. The highest BCUT2D eigenvalue weighted by molar-refractivity contribution is 6.06. The van der Waals surface area contributed by atoms with Crippen molar-refractivity contribution in [3.63, 3.8) is 0 Å². The number of nitrogens with two attached hydrogens (primary N) is 1. The summed E-state index contributed by atoms with van der Waals surface area (Å²) < 4.78 is 5.13. The van der Waals surface area contributed by atoms with E-state index >= 15 is 0 Å². The van der Waals surface area contributed by atoms with Gasteiger partial charge in [-0.3, -0.25) is 9.78 Å². The second kappa shape index (κ2) is 5.61. The predicted octanol–water partition coefficient (Wildman–Crippen LogP) is 2.54. The summed E-state index contributed by atoms with van der Waals surface area (Å²) in [6, 6.07) is 5.31. The molecule has 1 heterocycles. The van der Waals surface area contributed by atoms with Crippen LogP contribution in [0.3, 0.4) is 0 Å². The van der Waals surface area contributed by atoms with Gasteiger partial charge in [0.05, 0.1) is 18.9 Å².